The van der Waals surface area contributed by atoms with E-state index in [1.807, 2.05) is 37.3 Å². The van der Waals surface area contributed by atoms with Gasteiger partial charge in [-0.15, -0.1) is 10.2 Å². The van der Waals surface area contributed by atoms with Gasteiger partial charge in [0.15, 0.2) is 0 Å². The first-order chi connectivity index (χ1) is 15.1. The minimum absolute atomic E-state index is 0.325. The van der Waals surface area contributed by atoms with Crippen LogP contribution >= 0.6 is 0 Å². The van der Waals surface area contributed by atoms with Crippen LogP contribution in [0, 0.1) is 0 Å². The van der Waals surface area contributed by atoms with Crippen molar-refractivity contribution in [3.05, 3.63) is 66.2 Å². The molecule has 3 aromatic carbocycles. The van der Waals surface area contributed by atoms with Crippen LogP contribution in [0.25, 0.3) is 16.7 Å². The van der Waals surface area contributed by atoms with Crippen molar-refractivity contribution in [3.8, 4) is 22.9 Å². The van der Waals surface area contributed by atoms with Gasteiger partial charge in [0, 0.05) is 5.69 Å². The molecule has 0 bridgehead atoms. The van der Waals surface area contributed by atoms with Gasteiger partial charge >= 0.3 is 0 Å². The number of carbonyl (C=O) groups excluding carboxylic acids is 1. The summed E-state index contributed by atoms with van der Waals surface area (Å²) >= 11 is 0. The number of rotatable bonds is 7. The van der Waals surface area contributed by atoms with Gasteiger partial charge in [0.2, 0.25) is 0 Å². The summed E-state index contributed by atoms with van der Waals surface area (Å²) in [6, 6.07) is 18.1. The van der Waals surface area contributed by atoms with Crippen molar-refractivity contribution in [1.82, 2.24) is 15.0 Å². The third kappa shape index (κ3) is 4.13. The van der Waals surface area contributed by atoms with Crippen LogP contribution in [-0.4, -0.2) is 41.7 Å². The summed E-state index contributed by atoms with van der Waals surface area (Å²) in [5, 5.41) is 11.9. The number of hydrogen-bond acceptors (Lipinski definition) is 6. The minimum atomic E-state index is -0.340. The lowest BCUT2D eigenvalue weighted by atomic mass is 10.1. The zero-order valence-electron chi connectivity index (χ0n) is 17.5. The van der Waals surface area contributed by atoms with Gasteiger partial charge in [0.1, 0.15) is 33.8 Å². The number of methoxy groups -OCH3 is 2. The van der Waals surface area contributed by atoms with Crippen molar-refractivity contribution in [2.45, 2.75) is 6.92 Å². The molecule has 8 nitrogen and oxygen atoms in total. The maximum atomic E-state index is 12.9. The highest BCUT2D eigenvalue weighted by atomic mass is 16.5. The molecular formula is C23H22N4O4. The Morgan fingerprint density at radius 1 is 0.935 bits per heavy atom. The summed E-state index contributed by atoms with van der Waals surface area (Å²) in [7, 11) is 3.02. The molecule has 1 amide bonds. The van der Waals surface area contributed by atoms with E-state index < -0.39 is 0 Å². The lowest BCUT2D eigenvalue weighted by Gasteiger charge is -2.12. The molecular weight excluding hydrogens is 396 g/mol. The molecule has 1 aromatic heterocycles. The van der Waals surface area contributed by atoms with Crippen LogP contribution in [0.3, 0.4) is 0 Å². The number of hydrogen-bond donors (Lipinski definition) is 1. The van der Waals surface area contributed by atoms with E-state index >= 15 is 0 Å². The Bertz CT molecular complexity index is 1200. The Balaban J connectivity index is 1.60. The third-order valence-corrected chi connectivity index (χ3v) is 4.67. The fraction of sp³-hybridized carbons (Fsp3) is 0.174. The summed E-state index contributed by atoms with van der Waals surface area (Å²) in [5.74, 6) is 1.31. The Kier molecular flexibility index (Phi) is 5.70. The van der Waals surface area contributed by atoms with Crippen LogP contribution in [0.4, 0.5) is 5.69 Å². The van der Waals surface area contributed by atoms with E-state index in [4.69, 9.17) is 14.2 Å². The maximum absolute atomic E-state index is 12.9. The molecule has 0 spiro atoms. The molecule has 0 aliphatic heterocycles. The second-order valence-corrected chi connectivity index (χ2v) is 6.61. The number of amides is 1. The number of benzene rings is 3. The number of nitrogens with zero attached hydrogens (tertiary/aromatic N) is 3. The third-order valence-electron chi connectivity index (χ3n) is 4.67. The summed E-state index contributed by atoms with van der Waals surface area (Å²) in [4.78, 5) is 14.4. The van der Waals surface area contributed by atoms with E-state index in [-0.39, 0.29) is 5.91 Å². The molecule has 31 heavy (non-hydrogen) atoms. The van der Waals surface area contributed by atoms with Crippen molar-refractivity contribution in [2.24, 2.45) is 0 Å². The number of fused-ring (bicyclic) bond motifs is 1. The Morgan fingerprint density at radius 3 is 2.26 bits per heavy atom. The summed E-state index contributed by atoms with van der Waals surface area (Å²) in [6.07, 6.45) is 0. The molecule has 4 aromatic rings. The van der Waals surface area contributed by atoms with E-state index in [1.165, 1.54) is 14.2 Å². The van der Waals surface area contributed by atoms with Crippen molar-refractivity contribution >= 4 is 22.6 Å². The Labute approximate surface area is 179 Å². The largest absolute Gasteiger partial charge is 0.496 e. The molecule has 1 heterocycles. The highest BCUT2D eigenvalue weighted by Gasteiger charge is 2.18. The number of anilines is 1. The van der Waals surface area contributed by atoms with Gasteiger partial charge in [-0.05, 0) is 61.5 Å². The minimum Gasteiger partial charge on any atom is -0.496 e. The van der Waals surface area contributed by atoms with Crippen LogP contribution in [0.1, 0.15) is 17.3 Å². The van der Waals surface area contributed by atoms with E-state index in [0.717, 1.165) is 11.4 Å². The molecule has 0 saturated carbocycles. The van der Waals surface area contributed by atoms with Gasteiger partial charge in [-0.2, -0.15) is 4.80 Å². The predicted octanol–water partition coefficient (Wildman–Crippen LogP) is 4.09. The van der Waals surface area contributed by atoms with Crippen LogP contribution in [0.2, 0.25) is 0 Å². The predicted molar refractivity (Wildman–Crippen MR) is 118 cm³/mol. The smallest absolute Gasteiger partial charge is 0.263 e. The average Bonchev–Trinajstić information content (AvgIpc) is 3.22. The normalized spacial score (nSPS) is 10.7. The SMILES string of the molecule is CCOc1ccc(-n2nc3ccc(NC(=O)c4c(OC)cccc4OC)cc3n2)cc1. The van der Waals surface area contributed by atoms with Crippen LogP contribution in [-0.2, 0) is 0 Å². The van der Waals surface area contributed by atoms with E-state index in [0.29, 0.717) is 40.4 Å². The first-order valence-corrected chi connectivity index (χ1v) is 9.75. The van der Waals surface area contributed by atoms with Gasteiger partial charge in [-0.25, -0.2) is 0 Å². The molecule has 0 unspecified atom stereocenters. The second kappa shape index (κ2) is 8.74. The van der Waals surface area contributed by atoms with E-state index in [9.17, 15) is 4.79 Å². The molecule has 158 valence electrons. The maximum Gasteiger partial charge on any atom is 0.263 e. The molecule has 0 atom stereocenters. The highest BCUT2D eigenvalue weighted by molar-refractivity contribution is 6.08. The number of aromatic nitrogens is 3. The molecule has 0 saturated heterocycles. The molecule has 0 aliphatic carbocycles. The van der Waals surface area contributed by atoms with Gasteiger partial charge in [-0.3, -0.25) is 4.79 Å². The van der Waals surface area contributed by atoms with Crippen molar-refractivity contribution in [1.29, 1.82) is 0 Å². The highest BCUT2D eigenvalue weighted by Crippen LogP contribution is 2.29. The summed E-state index contributed by atoms with van der Waals surface area (Å²) in [5.41, 5.74) is 3.08. The Morgan fingerprint density at radius 2 is 1.61 bits per heavy atom. The topological polar surface area (TPSA) is 87.5 Å². The second-order valence-electron chi connectivity index (χ2n) is 6.61. The first kappa shape index (κ1) is 20.2. The molecule has 0 radical (unpaired) electrons. The monoisotopic (exact) mass is 418 g/mol. The van der Waals surface area contributed by atoms with Crippen molar-refractivity contribution < 1.29 is 19.0 Å². The van der Waals surface area contributed by atoms with Gasteiger partial charge in [-0.1, -0.05) is 6.07 Å². The molecule has 0 fully saturated rings. The standard InChI is InChI=1S/C23H22N4O4/c1-4-31-17-11-9-16(10-12-17)27-25-18-13-8-15(14-19(18)26-27)24-23(28)22-20(29-2)6-5-7-21(22)30-3/h5-14H,4H2,1-3H3,(H,24,28). The molecule has 0 aliphatic rings. The average molecular weight is 418 g/mol. The fourth-order valence-electron chi connectivity index (χ4n) is 3.22. The molecule has 8 heteroatoms. The Hall–Kier alpha value is -4.07. The lowest BCUT2D eigenvalue weighted by Crippen LogP contribution is -2.14. The fourth-order valence-corrected chi connectivity index (χ4v) is 3.22. The van der Waals surface area contributed by atoms with Gasteiger partial charge in [0.25, 0.3) is 5.91 Å². The number of ether oxygens (including phenoxy) is 3. The number of nitrogens with one attached hydrogen (secondary N) is 1. The van der Waals surface area contributed by atoms with Gasteiger partial charge < -0.3 is 19.5 Å². The zero-order chi connectivity index (χ0) is 21.8. The quantitative estimate of drug-likeness (QED) is 0.486. The van der Waals surface area contributed by atoms with Crippen molar-refractivity contribution in [2.75, 3.05) is 26.1 Å². The van der Waals surface area contributed by atoms with Crippen LogP contribution in [0.15, 0.2) is 60.7 Å². The van der Waals surface area contributed by atoms with Crippen LogP contribution in [0.5, 0.6) is 17.2 Å². The zero-order valence-corrected chi connectivity index (χ0v) is 17.5. The lowest BCUT2D eigenvalue weighted by molar-refractivity contribution is 0.102. The molecule has 1 N–H and O–H groups in total. The van der Waals surface area contributed by atoms with E-state index in [1.54, 1.807) is 35.1 Å². The molecule has 4 rings (SSSR count). The van der Waals surface area contributed by atoms with Gasteiger partial charge in [0.05, 0.1) is 26.5 Å². The van der Waals surface area contributed by atoms with Crippen LogP contribution < -0.4 is 19.5 Å². The summed E-state index contributed by atoms with van der Waals surface area (Å²) in [6.45, 7) is 2.55. The number of carbonyl (C=O) groups is 1. The van der Waals surface area contributed by atoms with E-state index in [2.05, 4.69) is 15.5 Å². The first-order valence-electron chi connectivity index (χ1n) is 9.75. The van der Waals surface area contributed by atoms with Crippen molar-refractivity contribution in [3.63, 3.8) is 0 Å². The summed E-state index contributed by atoms with van der Waals surface area (Å²) < 4.78 is 16.1.